The average Bonchev–Trinajstić information content (AvgIpc) is 2.71. The Morgan fingerprint density at radius 1 is 1.24 bits per heavy atom. The van der Waals surface area contributed by atoms with Crippen molar-refractivity contribution in [3.8, 4) is 11.5 Å². The predicted molar refractivity (Wildman–Crippen MR) is 80.7 cm³/mol. The van der Waals surface area contributed by atoms with Crippen molar-refractivity contribution in [2.75, 3.05) is 13.2 Å². The second kappa shape index (κ2) is 5.77. The molecule has 1 aliphatic rings. The summed E-state index contributed by atoms with van der Waals surface area (Å²) >= 11 is 0. The monoisotopic (exact) mass is 287 g/mol. The van der Waals surface area contributed by atoms with Gasteiger partial charge in [-0.2, -0.15) is 0 Å². The molecule has 2 heterocycles. The Labute approximate surface area is 124 Å². The van der Waals surface area contributed by atoms with E-state index in [0.29, 0.717) is 19.8 Å². The molecule has 0 amide bonds. The standard InChI is InChI=1S/C16H21N3O2/c1-11-12(2)19(10-18-11)9-14(17)13-4-5-15-16(8-13)21-7-3-6-20-15/h4-5,8,10,14H,3,6-7,9,17H2,1-2H3. The second-order valence-corrected chi connectivity index (χ2v) is 5.43. The maximum atomic E-state index is 6.33. The van der Waals surface area contributed by atoms with E-state index < -0.39 is 0 Å². The molecule has 1 unspecified atom stereocenters. The van der Waals surface area contributed by atoms with Crippen molar-refractivity contribution in [3.63, 3.8) is 0 Å². The van der Waals surface area contributed by atoms with Gasteiger partial charge >= 0.3 is 0 Å². The Morgan fingerprint density at radius 2 is 2.00 bits per heavy atom. The molecule has 0 saturated carbocycles. The summed E-state index contributed by atoms with van der Waals surface area (Å²) in [6, 6.07) is 5.85. The van der Waals surface area contributed by atoms with E-state index in [2.05, 4.69) is 16.5 Å². The highest BCUT2D eigenvalue weighted by Crippen LogP contribution is 2.32. The lowest BCUT2D eigenvalue weighted by Gasteiger charge is -2.16. The zero-order chi connectivity index (χ0) is 14.8. The molecule has 0 spiro atoms. The van der Waals surface area contributed by atoms with Crippen molar-refractivity contribution in [3.05, 3.63) is 41.5 Å². The summed E-state index contributed by atoms with van der Waals surface area (Å²) in [5.41, 5.74) is 9.57. The average molecular weight is 287 g/mol. The number of hydrogen-bond donors (Lipinski definition) is 1. The summed E-state index contributed by atoms with van der Waals surface area (Å²) in [4.78, 5) is 4.31. The lowest BCUT2D eigenvalue weighted by molar-refractivity contribution is 0.297. The molecule has 1 aliphatic heterocycles. The number of hydrogen-bond acceptors (Lipinski definition) is 4. The van der Waals surface area contributed by atoms with Gasteiger partial charge in [-0.05, 0) is 31.5 Å². The lowest BCUT2D eigenvalue weighted by Crippen LogP contribution is -2.18. The van der Waals surface area contributed by atoms with Gasteiger partial charge in [0.25, 0.3) is 0 Å². The van der Waals surface area contributed by atoms with E-state index in [0.717, 1.165) is 34.9 Å². The van der Waals surface area contributed by atoms with Crippen LogP contribution in [0.5, 0.6) is 11.5 Å². The van der Waals surface area contributed by atoms with Crippen molar-refractivity contribution in [2.45, 2.75) is 32.9 Å². The number of aromatic nitrogens is 2. The number of benzene rings is 1. The number of ether oxygens (including phenoxy) is 2. The first-order valence-electron chi connectivity index (χ1n) is 7.28. The molecule has 0 saturated heterocycles. The molecule has 0 aliphatic carbocycles. The minimum atomic E-state index is -0.102. The number of nitrogens with two attached hydrogens (primary N) is 1. The molecule has 1 aromatic heterocycles. The number of rotatable bonds is 3. The highest BCUT2D eigenvalue weighted by molar-refractivity contribution is 5.44. The summed E-state index contributed by atoms with van der Waals surface area (Å²) in [6.07, 6.45) is 2.75. The van der Waals surface area contributed by atoms with Crippen LogP contribution in [0.3, 0.4) is 0 Å². The largest absolute Gasteiger partial charge is 0.490 e. The number of nitrogens with zero attached hydrogens (tertiary/aromatic N) is 2. The SMILES string of the molecule is Cc1ncn(CC(N)c2ccc3c(c2)OCCCO3)c1C. The summed E-state index contributed by atoms with van der Waals surface area (Å²) < 4.78 is 13.4. The van der Waals surface area contributed by atoms with Crippen molar-refractivity contribution < 1.29 is 9.47 Å². The van der Waals surface area contributed by atoms with Crippen LogP contribution in [0.2, 0.25) is 0 Å². The first kappa shape index (κ1) is 13.9. The molecular weight excluding hydrogens is 266 g/mol. The molecule has 21 heavy (non-hydrogen) atoms. The van der Waals surface area contributed by atoms with Crippen LogP contribution in [0, 0.1) is 13.8 Å². The number of aryl methyl sites for hydroxylation is 1. The summed E-state index contributed by atoms with van der Waals surface area (Å²) in [5, 5.41) is 0. The first-order chi connectivity index (χ1) is 10.1. The zero-order valence-corrected chi connectivity index (χ0v) is 12.5. The van der Waals surface area contributed by atoms with Gasteiger partial charge in [0.2, 0.25) is 0 Å². The quantitative estimate of drug-likeness (QED) is 0.941. The van der Waals surface area contributed by atoms with Gasteiger partial charge in [-0.15, -0.1) is 0 Å². The third-order valence-corrected chi connectivity index (χ3v) is 3.94. The fourth-order valence-corrected chi connectivity index (χ4v) is 2.46. The molecule has 0 fully saturated rings. The van der Waals surface area contributed by atoms with Crippen molar-refractivity contribution >= 4 is 0 Å². The van der Waals surface area contributed by atoms with E-state index >= 15 is 0 Å². The van der Waals surface area contributed by atoms with Gasteiger partial charge in [-0.25, -0.2) is 4.98 Å². The fourth-order valence-electron chi connectivity index (χ4n) is 2.46. The van der Waals surface area contributed by atoms with E-state index in [-0.39, 0.29) is 6.04 Å². The van der Waals surface area contributed by atoms with Crippen LogP contribution in [-0.2, 0) is 6.54 Å². The third kappa shape index (κ3) is 2.88. The predicted octanol–water partition coefficient (Wildman–Crippen LogP) is 2.36. The van der Waals surface area contributed by atoms with Crippen LogP contribution in [0.4, 0.5) is 0 Å². The summed E-state index contributed by atoms with van der Waals surface area (Å²) in [5.74, 6) is 1.59. The molecule has 3 rings (SSSR count). The minimum absolute atomic E-state index is 0.102. The highest BCUT2D eigenvalue weighted by atomic mass is 16.5. The molecule has 112 valence electrons. The lowest BCUT2D eigenvalue weighted by atomic mass is 10.1. The molecule has 0 bridgehead atoms. The Hall–Kier alpha value is -2.01. The summed E-state index contributed by atoms with van der Waals surface area (Å²) in [7, 11) is 0. The molecule has 2 N–H and O–H groups in total. The second-order valence-electron chi connectivity index (χ2n) is 5.43. The van der Waals surface area contributed by atoms with Crippen molar-refractivity contribution in [1.82, 2.24) is 9.55 Å². The Morgan fingerprint density at radius 3 is 2.71 bits per heavy atom. The molecule has 2 aromatic rings. The third-order valence-electron chi connectivity index (χ3n) is 3.94. The number of imidazole rings is 1. The van der Waals surface area contributed by atoms with E-state index in [1.54, 1.807) is 0 Å². The van der Waals surface area contributed by atoms with Gasteiger partial charge in [-0.1, -0.05) is 6.07 Å². The van der Waals surface area contributed by atoms with Crippen molar-refractivity contribution in [2.24, 2.45) is 5.73 Å². The van der Waals surface area contributed by atoms with E-state index in [4.69, 9.17) is 15.2 Å². The van der Waals surface area contributed by atoms with Gasteiger partial charge in [0, 0.05) is 24.7 Å². The van der Waals surface area contributed by atoms with Crippen LogP contribution >= 0.6 is 0 Å². The van der Waals surface area contributed by atoms with Crippen LogP contribution in [0.25, 0.3) is 0 Å². The van der Waals surface area contributed by atoms with E-state index in [1.165, 1.54) is 0 Å². The van der Waals surface area contributed by atoms with Gasteiger partial charge in [-0.3, -0.25) is 0 Å². The molecule has 0 radical (unpaired) electrons. The van der Waals surface area contributed by atoms with Crippen LogP contribution in [-0.4, -0.2) is 22.8 Å². The Balaban J connectivity index is 1.80. The normalized spacial score (nSPS) is 15.6. The topological polar surface area (TPSA) is 62.3 Å². The summed E-state index contributed by atoms with van der Waals surface area (Å²) in [6.45, 7) is 6.15. The molecule has 1 atom stereocenters. The van der Waals surface area contributed by atoms with Gasteiger partial charge in [0.05, 0.1) is 25.2 Å². The minimum Gasteiger partial charge on any atom is -0.490 e. The maximum absolute atomic E-state index is 6.33. The van der Waals surface area contributed by atoms with Crippen LogP contribution in [0.15, 0.2) is 24.5 Å². The Kier molecular flexibility index (Phi) is 3.84. The van der Waals surface area contributed by atoms with Gasteiger partial charge in [0.1, 0.15) is 0 Å². The van der Waals surface area contributed by atoms with Gasteiger partial charge in [0.15, 0.2) is 11.5 Å². The number of fused-ring (bicyclic) bond motifs is 1. The molecular formula is C16H21N3O2. The smallest absolute Gasteiger partial charge is 0.161 e. The highest BCUT2D eigenvalue weighted by Gasteiger charge is 2.15. The Bertz CT molecular complexity index is 636. The van der Waals surface area contributed by atoms with Crippen LogP contribution in [0.1, 0.15) is 29.4 Å². The van der Waals surface area contributed by atoms with Crippen LogP contribution < -0.4 is 15.2 Å². The molecule has 1 aromatic carbocycles. The van der Waals surface area contributed by atoms with E-state index in [1.807, 2.05) is 31.5 Å². The fraction of sp³-hybridized carbons (Fsp3) is 0.438. The van der Waals surface area contributed by atoms with Gasteiger partial charge < -0.3 is 19.8 Å². The maximum Gasteiger partial charge on any atom is 0.161 e. The first-order valence-corrected chi connectivity index (χ1v) is 7.28. The zero-order valence-electron chi connectivity index (χ0n) is 12.5. The van der Waals surface area contributed by atoms with Crippen molar-refractivity contribution in [1.29, 1.82) is 0 Å². The van der Waals surface area contributed by atoms with E-state index in [9.17, 15) is 0 Å². The molecule has 5 heteroatoms. The molecule has 5 nitrogen and oxygen atoms in total.